The van der Waals surface area contributed by atoms with Crippen LogP contribution in [0.2, 0.25) is 0 Å². The van der Waals surface area contributed by atoms with Crippen molar-refractivity contribution < 1.29 is 28.9 Å². The fourth-order valence-corrected chi connectivity index (χ4v) is 4.05. The van der Waals surface area contributed by atoms with Crippen molar-refractivity contribution in [2.45, 2.75) is 38.5 Å². The smallest absolute Gasteiger partial charge is 0.414 e. The predicted octanol–water partition coefficient (Wildman–Crippen LogP) is 3.90. The zero-order valence-corrected chi connectivity index (χ0v) is 18.7. The Morgan fingerprint density at radius 2 is 1.72 bits per heavy atom. The number of carbonyl (C=O) groups is 2. The molecule has 0 saturated carbocycles. The molecule has 8 nitrogen and oxygen atoms in total. The summed E-state index contributed by atoms with van der Waals surface area (Å²) in [7, 11) is 1.34. The molecule has 0 spiro atoms. The summed E-state index contributed by atoms with van der Waals surface area (Å²) in [5.41, 5.74) is 2.82. The van der Waals surface area contributed by atoms with Crippen LogP contribution < -0.4 is 9.80 Å². The molecule has 1 atom stereocenters. The van der Waals surface area contributed by atoms with Gasteiger partial charge >= 0.3 is 12.2 Å². The Hall–Kier alpha value is -3.10. The summed E-state index contributed by atoms with van der Waals surface area (Å²) in [6.45, 7) is 6.32. The largest absolute Gasteiger partial charge is 0.452 e. The van der Waals surface area contributed by atoms with Crippen molar-refractivity contribution in [3.63, 3.8) is 0 Å². The summed E-state index contributed by atoms with van der Waals surface area (Å²) in [5, 5.41) is 10.5. The lowest BCUT2D eigenvalue weighted by atomic mass is 9.90. The van der Waals surface area contributed by atoms with Crippen LogP contribution in [0.25, 0.3) is 11.1 Å². The summed E-state index contributed by atoms with van der Waals surface area (Å²) < 4.78 is 15.6. The first-order valence-electron chi connectivity index (χ1n) is 10.6. The van der Waals surface area contributed by atoms with Gasteiger partial charge in [-0.3, -0.25) is 9.80 Å². The molecule has 2 heterocycles. The van der Waals surface area contributed by atoms with Crippen LogP contribution in [0.4, 0.5) is 21.0 Å². The molecule has 0 aliphatic carbocycles. The first-order valence-corrected chi connectivity index (χ1v) is 10.6. The SMILES string of the molecule is COC(=O)N1c2ccc(-c3ccc(C4(O)COC4)cc3)cc2N(C(=O)OC(C)C)CC1C. The molecule has 170 valence electrons. The van der Waals surface area contributed by atoms with Crippen molar-refractivity contribution in [2.24, 2.45) is 0 Å². The molecule has 0 radical (unpaired) electrons. The standard InChI is InChI=1S/C24H28N2O6/c1-15(2)32-22(27)25-12-16(3)26(23(28)30-4)20-10-7-18(11-21(20)25)17-5-8-19(9-6-17)24(29)13-31-14-24/h5-11,15-16,29H,12-14H2,1-4H3. The number of hydrogen-bond donors (Lipinski definition) is 1. The van der Waals surface area contributed by atoms with Crippen LogP contribution in [0.15, 0.2) is 42.5 Å². The molecule has 2 aliphatic rings. The summed E-state index contributed by atoms with van der Waals surface area (Å²) in [4.78, 5) is 28.4. The fourth-order valence-electron chi connectivity index (χ4n) is 4.05. The van der Waals surface area contributed by atoms with Crippen molar-refractivity contribution in [3.8, 4) is 11.1 Å². The first kappa shape index (κ1) is 22.1. The van der Waals surface area contributed by atoms with Gasteiger partial charge in [0.25, 0.3) is 0 Å². The van der Waals surface area contributed by atoms with Crippen LogP contribution in [0.1, 0.15) is 26.3 Å². The van der Waals surface area contributed by atoms with Gasteiger partial charge in [0, 0.05) is 0 Å². The molecule has 2 aromatic carbocycles. The van der Waals surface area contributed by atoms with E-state index >= 15 is 0 Å². The number of benzene rings is 2. The highest BCUT2D eigenvalue weighted by Gasteiger charge is 2.38. The predicted molar refractivity (Wildman–Crippen MR) is 120 cm³/mol. The maximum atomic E-state index is 12.8. The second kappa shape index (κ2) is 8.44. The van der Waals surface area contributed by atoms with Gasteiger partial charge in [0.2, 0.25) is 0 Å². The number of nitrogens with zero attached hydrogens (tertiary/aromatic N) is 2. The third-order valence-corrected chi connectivity index (χ3v) is 5.78. The lowest BCUT2D eigenvalue weighted by Crippen LogP contribution is -2.52. The molecule has 1 N–H and O–H groups in total. The van der Waals surface area contributed by atoms with Crippen LogP contribution in [-0.4, -0.2) is 56.3 Å². The molecule has 2 amide bonds. The Morgan fingerprint density at radius 3 is 2.28 bits per heavy atom. The van der Waals surface area contributed by atoms with E-state index in [0.29, 0.717) is 24.6 Å². The van der Waals surface area contributed by atoms with Gasteiger partial charge in [-0.2, -0.15) is 0 Å². The molecule has 0 bridgehead atoms. The molecule has 1 fully saturated rings. The number of fused-ring (bicyclic) bond motifs is 1. The second-order valence-electron chi connectivity index (χ2n) is 8.54. The number of aliphatic hydroxyl groups is 1. The van der Waals surface area contributed by atoms with E-state index in [4.69, 9.17) is 14.2 Å². The number of hydrogen-bond acceptors (Lipinski definition) is 6. The number of rotatable bonds is 3. The molecule has 1 saturated heterocycles. The van der Waals surface area contributed by atoms with Gasteiger partial charge in [-0.05, 0) is 49.6 Å². The van der Waals surface area contributed by atoms with Crippen LogP contribution in [0, 0.1) is 0 Å². The molecule has 4 rings (SSSR count). The monoisotopic (exact) mass is 440 g/mol. The molecule has 8 heteroatoms. The Balaban J connectivity index is 1.73. The Bertz CT molecular complexity index is 1020. The Labute approximate surface area is 187 Å². The molecule has 2 aliphatic heterocycles. The maximum Gasteiger partial charge on any atom is 0.414 e. The molecule has 2 aromatic rings. The van der Waals surface area contributed by atoms with E-state index in [1.807, 2.05) is 49.4 Å². The summed E-state index contributed by atoms with van der Waals surface area (Å²) >= 11 is 0. The van der Waals surface area contributed by atoms with Crippen molar-refractivity contribution >= 4 is 23.6 Å². The van der Waals surface area contributed by atoms with Crippen molar-refractivity contribution in [3.05, 3.63) is 48.0 Å². The normalized spacial score (nSPS) is 19.2. The third kappa shape index (κ3) is 3.91. The van der Waals surface area contributed by atoms with Crippen LogP contribution in [0.3, 0.4) is 0 Å². The quantitative estimate of drug-likeness (QED) is 0.779. The van der Waals surface area contributed by atoms with E-state index in [1.165, 1.54) is 7.11 Å². The summed E-state index contributed by atoms with van der Waals surface area (Å²) in [5.74, 6) is 0. The lowest BCUT2D eigenvalue weighted by molar-refractivity contribution is -0.184. The van der Waals surface area contributed by atoms with Crippen molar-refractivity contribution in [1.82, 2.24) is 0 Å². The van der Waals surface area contributed by atoms with Crippen LogP contribution in [-0.2, 0) is 19.8 Å². The first-order chi connectivity index (χ1) is 15.2. The molecule has 32 heavy (non-hydrogen) atoms. The number of anilines is 2. The van der Waals surface area contributed by atoms with E-state index < -0.39 is 17.8 Å². The van der Waals surface area contributed by atoms with Gasteiger partial charge in [0.15, 0.2) is 0 Å². The highest BCUT2D eigenvalue weighted by Crippen LogP contribution is 2.40. The van der Waals surface area contributed by atoms with Crippen molar-refractivity contribution in [2.75, 3.05) is 36.7 Å². The number of ether oxygens (including phenoxy) is 3. The van der Waals surface area contributed by atoms with E-state index in [1.54, 1.807) is 23.6 Å². The molecular formula is C24H28N2O6. The minimum Gasteiger partial charge on any atom is -0.452 e. The Morgan fingerprint density at radius 1 is 1.06 bits per heavy atom. The summed E-state index contributed by atoms with van der Waals surface area (Å²) in [6, 6.07) is 12.9. The van der Waals surface area contributed by atoms with Gasteiger partial charge in [-0.25, -0.2) is 9.59 Å². The average molecular weight is 440 g/mol. The number of methoxy groups -OCH3 is 1. The Kier molecular flexibility index (Phi) is 5.83. The summed E-state index contributed by atoms with van der Waals surface area (Å²) in [6.07, 6.45) is -1.21. The maximum absolute atomic E-state index is 12.8. The topological polar surface area (TPSA) is 88.5 Å². The lowest BCUT2D eigenvalue weighted by Gasteiger charge is -2.40. The van der Waals surface area contributed by atoms with Crippen LogP contribution in [0.5, 0.6) is 0 Å². The minimum absolute atomic E-state index is 0.267. The third-order valence-electron chi connectivity index (χ3n) is 5.78. The molecular weight excluding hydrogens is 412 g/mol. The van der Waals surface area contributed by atoms with Crippen LogP contribution >= 0.6 is 0 Å². The number of carbonyl (C=O) groups excluding carboxylic acids is 2. The van der Waals surface area contributed by atoms with Gasteiger partial charge in [-0.1, -0.05) is 30.3 Å². The van der Waals surface area contributed by atoms with E-state index in [2.05, 4.69) is 0 Å². The highest BCUT2D eigenvalue weighted by molar-refractivity contribution is 6.01. The minimum atomic E-state index is -0.928. The number of amides is 2. The van der Waals surface area contributed by atoms with Gasteiger partial charge in [0.1, 0.15) is 5.60 Å². The van der Waals surface area contributed by atoms with Crippen molar-refractivity contribution in [1.29, 1.82) is 0 Å². The zero-order chi connectivity index (χ0) is 23.0. The zero-order valence-electron chi connectivity index (χ0n) is 18.7. The fraction of sp³-hybridized carbons (Fsp3) is 0.417. The van der Waals surface area contributed by atoms with E-state index in [9.17, 15) is 14.7 Å². The second-order valence-corrected chi connectivity index (χ2v) is 8.54. The molecule has 1 unspecified atom stereocenters. The van der Waals surface area contributed by atoms with Gasteiger partial charge < -0.3 is 19.3 Å². The molecule has 0 aromatic heterocycles. The van der Waals surface area contributed by atoms with E-state index in [0.717, 1.165) is 16.7 Å². The van der Waals surface area contributed by atoms with Gasteiger partial charge in [0.05, 0.1) is 50.4 Å². The highest BCUT2D eigenvalue weighted by atomic mass is 16.6. The average Bonchev–Trinajstić information content (AvgIpc) is 2.75. The van der Waals surface area contributed by atoms with E-state index in [-0.39, 0.29) is 18.7 Å². The van der Waals surface area contributed by atoms with Gasteiger partial charge in [-0.15, -0.1) is 0 Å².